The SMILES string of the molecule is COc1ccc(/C=C/C(=O)Nc2cc(OC)ccc2NC(=O)c2ccco2)cc1. The molecular formula is C22H20N2O5. The first-order valence-electron chi connectivity index (χ1n) is 8.75. The maximum absolute atomic E-state index is 12.4. The molecule has 3 aromatic rings. The zero-order valence-corrected chi connectivity index (χ0v) is 16.0. The Balaban J connectivity index is 1.74. The summed E-state index contributed by atoms with van der Waals surface area (Å²) in [5.74, 6) is 0.653. The van der Waals surface area contributed by atoms with Gasteiger partial charge < -0.3 is 24.5 Å². The second-order valence-corrected chi connectivity index (χ2v) is 5.94. The van der Waals surface area contributed by atoms with Gasteiger partial charge in [-0.2, -0.15) is 0 Å². The van der Waals surface area contributed by atoms with E-state index in [1.165, 1.54) is 19.4 Å². The van der Waals surface area contributed by atoms with E-state index in [9.17, 15) is 9.59 Å². The second kappa shape index (κ2) is 9.27. The summed E-state index contributed by atoms with van der Waals surface area (Å²) in [7, 11) is 3.11. The summed E-state index contributed by atoms with van der Waals surface area (Å²) < 4.78 is 15.4. The maximum atomic E-state index is 12.4. The first kappa shape index (κ1) is 19.8. The van der Waals surface area contributed by atoms with Gasteiger partial charge in [-0.05, 0) is 48.0 Å². The number of anilines is 2. The molecule has 2 aromatic carbocycles. The van der Waals surface area contributed by atoms with Gasteiger partial charge in [0.2, 0.25) is 5.91 Å². The van der Waals surface area contributed by atoms with Crippen molar-refractivity contribution in [3.8, 4) is 11.5 Å². The van der Waals surface area contributed by atoms with Gasteiger partial charge in [0.15, 0.2) is 5.76 Å². The number of carbonyl (C=O) groups excluding carboxylic acids is 2. The standard InChI is InChI=1S/C22H20N2O5/c1-27-16-8-5-15(6-9-16)7-12-21(25)23-19-14-17(28-2)10-11-18(19)24-22(26)20-4-3-13-29-20/h3-14H,1-2H3,(H,23,25)(H,24,26)/b12-7+. The van der Waals surface area contributed by atoms with Crippen LogP contribution in [0.4, 0.5) is 11.4 Å². The lowest BCUT2D eigenvalue weighted by Gasteiger charge is -2.12. The normalized spacial score (nSPS) is 10.6. The molecule has 0 saturated carbocycles. The predicted molar refractivity (Wildman–Crippen MR) is 110 cm³/mol. The molecule has 0 atom stereocenters. The van der Waals surface area contributed by atoms with Gasteiger partial charge >= 0.3 is 0 Å². The molecule has 0 fully saturated rings. The van der Waals surface area contributed by atoms with Crippen LogP contribution >= 0.6 is 0 Å². The summed E-state index contributed by atoms with van der Waals surface area (Å²) in [6.07, 6.45) is 4.49. The molecule has 0 spiro atoms. The van der Waals surface area contributed by atoms with Crippen molar-refractivity contribution in [2.75, 3.05) is 24.9 Å². The third-order valence-electron chi connectivity index (χ3n) is 4.02. The van der Waals surface area contributed by atoms with E-state index in [0.29, 0.717) is 17.1 Å². The molecule has 0 saturated heterocycles. The van der Waals surface area contributed by atoms with Crippen LogP contribution in [0.15, 0.2) is 71.4 Å². The van der Waals surface area contributed by atoms with E-state index in [-0.39, 0.29) is 11.7 Å². The van der Waals surface area contributed by atoms with Crippen LogP contribution in [-0.4, -0.2) is 26.0 Å². The van der Waals surface area contributed by atoms with Crippen molar-refractivity contribution in [3.05, 3.63) is 78.3 Å². The fourth-order valence-electron chi connectivity index (χ4n) is 2.52. The van der Waals surface area contributed by atoms with E-state index >= 15 is 0 Å². The van der Waals surface area contributed by atoms with Crippen molar-refractivity contribution in [2.24, 2.45) is 0 Å². The maximum Gasteiger partial charge on any atom is 0.291 e. The summed E-state index contributed by atoms with van der Waals surface area (Å²) in [5, 5.41) is 5.47. The van der Waals surface area contributed by atoms with E-state index in [1.54, 1.807) is 43.5 Å². The van der Waals surface area contributed by atoms with Crippen LogP contribution in [0, 0.1) is 0 Å². The lowest BCUT2D eigenvalue weighted by Crippen LogP contribution is -2.15. The largest absolute Gasteiger partial charge is 0.497 e. The Morgan fingerprint density at radius 3 is 2.28 bits per heavy atom. The number of furan rings is 1. The number of benzene rings is 2. The second-order valence-electron chi connectivity index (χ2n) is 5.94. The molecule has 1 aromatic heterocycles. The Morgan fingerprint density at radius 1 is 0.897 bits per heavy atom. The van der Waals surface area contributed by atoms with Crippen LogP contribution in [0.5, 0.6) is 11.5 Å². The van der Waals surface area contributed by atoms with Crippen LogP contribution in [0.25, 0.3) is 6.08 Å². The van der Waals surface area contributed by atoms with Crippen molar-refractivity contribution < 1.29 is 23.5 Å². The van der Waals surface area contributed by atoms with Crippen molar-refractivity contribution in [3.63, 3.8) is 0 Å². The first-order chi connectivity index (χ1) is 14.1. The van der Waals surface area contributed by atoms with Gasteiger partial charge in [-0.15, -0.1) is 0 Å². The highest BCUT2D eigenvalue weighted by Gasteiger charge is 2.13. The number of ether oxygens (including phenoxy) is 2. The summed E-state index contributed by atoms with van der Waals surface area (Å²) in [5.41, 5.74) is 1.66. The number of hydrogen-bond acceptors (Lipinski definition) is 5. The third kappa shape index (κ3) is 5.26. The Hall–Kier alpha value is -4.00. The minimum atomic E-state index is -0.426. The Kier molecular flexibility index (Phi) is 6.32. The lowest BCUT2D eigenvalue weighted by atomic mass is 10.2. The predicted octanol–water partition coefficient (Wildman–Crippen LogP) is 4.20. The molecule has 0 aliphatic heterocycles. The number of methoxy groups -OCH3 is 2. The van der Waals surface area contributed by atoms with E-state index in [4.69, 9.17) is 13.9 Å². The lowest BCUT2D eigenvalue weighted by molar-refractivity contribution is -0.111. The van der Waals surface area contributed by atoms with Crippen molar-refractivity contribution in [2.45, 2.75) is 0 Å². The van der Waals surface area contributed by atoms with Crippen LogP contribution in [0.1, 0.15) is 16.1 Å². The van der Waals surface area contributed by atoms with Crippen LogP contribution < -0.4 is 20.1 Å². The van der Waals surface area contributed by atoms with Gasteiger partial charge in [0.1, 0.15) is 11.5 Å². The summed E-state index contributed by atoms with van der Waals surface area (Å²) in [4.78, 5) is 24.6. The molecule has 148 valence electrons. The third-order valence-corrected chi connectivity index (χ3v) is 4.02. The van der Waals surface area contributed by atoms with Gasteiger partial charge in [0.05, 0.1) is 31.9 Å². The minimum absolute atomic E-state index is 0.164. The van der Waals surface area contributed by atoms with Crippen LogP contribution in [-0.2, 0) is 4.79 Å². The number of carbonyl (C=O) groups is 2. The zero-order chi connectivity index (χ0) is 20.6. The monoisotopic (exact) mass is 392 g/mol. The van der Waals surface area contributed by atoms with Gasteiger partial charge in [-0.25, -0.2) is 0 Å². The highest BCUT2D eigenvalue weighted by molar-refractivity contribution is 6.08. The van der Waals surface area contributed by atoms with Crippen LogP contribution in [0.2, 0.25) is 0 Å². The molecule has 7 heteroatoms. The molecule has 0 aliphatic rings. The van der Waals surface area contributed by atoms with Gasteiger partial charge in [0, 0.05) is 12.1 Å². The first-order valence-corrected chi connectivity index (χ1v) is 8.75. The molecule has 0 aliphatic carbocycles. The summed E-state index contributed by atoms with van der Waals surface area (Å²) in [6.45, 7) is 0. The molecule has 0 radical (unpaired) electrons. The molecule has 2 N–H and O–H groups in total. The Labute approximate surface area is 167 Å². The number of rotatable bonds is 7. The molecule has 7 nitrogen and oxygen atoms in total. The summed E-state index contributed by atoms with van der Waals surface area (Å²) in [6, 6.07) is 15.4. The average Bonchev–Trinajstić information content (AvgIpc) is 3.29. The van der Waals surface area contributed by atoms with Crippen molar-refractivity contribution in [1.82, 2.24) is 0 Å². The smallest absolute Gasteiger partial charge is 0.291 e. The summed E-state index contributed by atoms with van der Waals surface area (Å²) >= 11 is 0. The van der Waals surface area contributed by atoms with Gasteiger partial charge in [-0.3, -0.25) is 9.59 Å². The number of hydrogen-bond donors (Lipinski definition) is 2. The fraction of sp³-hybridized carbons (Fsp3) is 0.0909. The molecule has 0 unspecified atom stereocenters. The zero-order valence-electron chi connectivity index (χ0n) is 16.0. The minimum Gasteiger partial charge on any atom is -0.497 e. The molecular weight excluding hydrogens is 372 g/mol. The van der Waals surface area contributed by atoms with Crippen LogP contribution in [0.3, 0.4) is 0 Å². The molecule has 0 bridgehead atoms. The average molecular weight is 392 g/mol. The molecule has 29 heavy (non-hydrogen) atoms. The number of amides is 2. The Bertz CT molecular complexity index is 1010. The van der Waals surface area contributed by atoms with Crippen molar-refractivity contribution >= 4 is 29.3 Å². The highest BCUT2D eigenvalue weighted by atomic mass is 16.5. The van der Waals surface area contributed by atoms with Crippen molar-refractivity contribution in [1.29, 1.82) is 0 Å². The molecule has 2 amide bonds. The van der Waals surface area contributed by atoms with E-state index in [0.717, 1.165) is 11.3 Å². The van der Waals surface area contributed by atoms with E-state index in [2.05, 4.69) is 10.6 Å². The Morgan fingerprint density at radius 2 is 1.62 bits per heavy atom. The van der Waals surface area contributed by atoms with Gasteiger partial charge in [0.25, 0.3) is 5.91 Å². The van der Waals surface area contributed by atoms with E-state index in [1.807, 2.05) is 24.3 Å². The topological polar surface area (TPSA) is 89.8 Å². The highest BCUT2D eigenvalue weighted by Crippen LogP contribution is 2.28. The molecule has 3 rings (SSSR count). The number of nitrogens with one attached hydrogen (secondary N) is 2. The van der Waals surface area contributed by atoms with Gasteiger partial charge in [-0.1, -0.05) is 12.1 Å². The molecule has 1 heterocycles. The van der Waals surface area contributed by atoms with E-state index < -0.39 is 5.91 Å². The fourth-order valence-corrected chi connectivity index (χ4v) is 2.52. The quantitative estimate of drug-likeness (QED) is 0.588.